The first-order chi connectivity index (χ1) is 9.94. The molecular weight excluding hydrogens is 264 g/mol. The first kappa shape index (κ1) is 16.0. The SMILES string of the molecule is CCNc1cc(NC2CCCC2OC)nc(C(C)(C)C)n1. The van der Waals surface area contributed by atoms with Gasteiger partial charge in [0.15, 0.2) is 0 Å². The summed E-state index contributed by atoms with van der Waals surface area (Å²) in [6.45, 7) is 9.33. The summed E-state index contributed by atoms with van der Waals surface area (Å²) in [5.74, 6) is 2.63. The fraction of sp³-hybridized carbons (Fsp3) is 0.750. The van der Waals surface area contributed by atoms with E-state index in [0.29, 0.717) is 6.04 Å². The Hall–Kier alpha value is -1.36. The summed E-state index contributed by atoms with van der Waals surface area (Å²) in [5, 5.41) is 6.83. The zero-order chi connectivity index (χ0) is 15.5. The summed E-state index contributed by atoms with van der Waals surface area (Å²) in [4.78, 5) is 9.32. The lowest BCUT2D eigenvalue weighted by Gasteiger charge is -2.23. The van der Waals surface area contributed by atoms with Crippen LogP contribution in [-0.4, -0.2) is 35.8 Å². The number of rotatable bonds is 5. The highest BCUT2D eigenvalue weighted by atomic mass is 16.5. The van der Waals surface area contributed by atoms with Gasteiger partial charge in [-0.1, -0.05) is 20.8 Å². The first-order valence-electron chi connectivity index (χ1n) is 7.86. The first-order valence-corrected chi connectivity index (χ1v) is 7.86. The molecule has 0 spiro atoms. The fourth-order valence-electron chi connectivity index (χ4n) is 2.69. The summed E-state index contributed by atoms with van der Waals surface area (Å²) in [7, 11) is 1.79. The van der Waals surface area contributed by atoms with E-state index in [9.17, 15) is 0 Å². The van der Waals surface area contributed by atoms with E-state index in [2.05, 4.69) is 43.3 Å². The molecule has 5 heteroatoms. The minimum Gasteiger partial charge on any atom is -0.379 e. The summed E-state index contributed by atoms with van der Waals surface area (Å²) < 4.78 is 5.55. The maximum Gasteiger partial charge on any atom is 0.138 e. The molecule has 1 saturated carbocycles. The van der Waals surface area contributed by atoms with Gasteiger partial charge in [0.2, 0.25) is 0 Å². The molecule has 1 fully saturated rings. The zero-order valence-corrected chi connectivity index (χ0v) is 13.9. The van der Waals surface area contributed by atoms with E-state index < -0.39 is 0 Å². The van der Waals surface area contributed by atoms with E-state index in [1.165, 1.54) is 6.42 Å². The highest BCUT2D eigenvalue weighted by Crippen LogP contribution is 2.27. The third-order valence-corrected chi connectivity index (χ3v) is 3.84. The van der Waals surface area contributed by atoms with E-state index in [-0.39, 0.29) is 11.5 Å². The second-order valence-electron chi connectivity index (χ2n) is 6.70. The Morgan fingerprint density at radius 1 is 1.24 bits per heavy atom. The topological polar surface area (TPSA) is 59.1 Å². The summed E-state index contributed by atoms with van der Waals surface area (Å²) in [6, 6.07) is 2.33. The number of ether oxygens (including phenoxy) is 1. The molecule has 2 rings (SSSR count). The zero-order valence-electron chi connectivity index (χ0n) is 13.9. The Morgan fingerprint density at radius 2 is 1.95 bits per heavy atom. The second kappa shape index (κ2) is 6.60. The number of methoxy groups -OCH3 is 1. The molecule has 0 bridgehead atoms. The Kier molecular flexibility index (Phi) is 5.04. The smallest absolute Gasteiger partial charge is 0.138 e. The van der Waals surface area contributed by atoms with Crippen LogP contribution in [-0.2, 0) is 10.2 Å². The van der Waals surface area contributed by atoms with Crippen molar-refractivity contribution in [3.05, 3.63) is 11.9 Å². The van der Waals surface area contributed by atoms with Crippen LogP contribution < -0.4 is 10.6 Å². The van der Waals surface area contributed by atoms with Crippen LogP contribution in [0.5, 0.6) is 0 Å². The van der Waals surface area contributed by atoms with Crippen molar-refractivity contribution in [3.63, 3.8) is 0 Å². The van der Waals surface area contributed by atoms with Crippen LogP contribution in [0.3, 0.4) is 0 Å². The maximum absolute atomic E-state index is 5.55. The van der Waals surface area contributed by atoms with Gasteiger partial charge >= 0.3 is 0 Å². The van der Waals surface area contributed by atoms with Crippen molar-refractivity contribution >= 4 is 11.6 Å². The van der Waals surface area contributed by atoms with Gasteiger partial charge in [-0.2, -0.15) is 0 Å². The third kappa shape index (κ3) is 4.06. The van der Waals surface area contributed by atoms with Gasteiger partial charge in [-0.25, -0.2) is 9.97 Å². The third-order valence-electron chi connectivity index (χ3n) is 3.84. The molecule has 5 nitrogen and oxygen atoms in total. The molecule has 2 atom stereocenters. The maximum atomic E-state index is 5.55. The van der Waals surface area contributed by atoms with Crippen molar-refractivity contribution in [1.82, 2.24) is 9.97 Å². The summed E-state index contributed by atoms with van der Waals surface area (Å²) in [5.41, 5.74) is -0.0712. The molecule has 2 unspecified atom stereocenters. The van der Waals surface area contributed by atoms with Gasteiger partial charge in [-0.05, 0) is 26.2 Å². The van der Waals surface area contributed by atoms with Crippen LogP contribution in [0.4, 0.5) is 11.6 Å². The molecule has 0 radical (unpaired) electrons. The second-order valence-corrected chi connectivity index (χ2v) is 6.70. The van der Waals surface area contributed by atoms with Crippen molar-refractivity contribution < 1.29 is 4.74 Å². The molecule has 0 aromatic carbocycles. The normalized spacial score (nSPS) is 22.3. The van der Waals surface area contributed by atoms with Crippen LogP contribution in [0, 0.1) is 0 Å². The summed E-state index contributed by atoms with van der Waals surface area (Å²) in [6.07, 6.45) is 3.73. The molecular formula is C16H28N4O. The van der Waals surface area contributed by atoms with E-state index in [1.807, 2.05) is 6.07 Å². The Bertz CT molecular complexity index is 470. The molecule has 0 amide bonds. The van der Waals surface area contributed by atoms with Crippen LogP contribution in [0.25, 0.3) is 0 Å². The van der Waals surface area contributed by atoms with Crippen molar-refractivity contribution in [2.75, 3.05) is 24.3 Å². The number of nitrogens with one attached hydrogen (secondary N) is 2. The van der Waals surface area contributed by atoms with Gasteiger partial charge < -0.3 is 15.4 Å². The lowest BCUT2D eigenvalue weighted by molar-refractivity contribution is 0.101. The quantitative estimate of drug-likeness (QED) is 0.873. The molecule has 1 aromatic heterocycles. The Morgan fingerprint density at radius 3 is 2.57 bits per heavy atom. The summed E-state index contributed by atoms with van der Waals surface area (Å²) >= 11 is 0. The molecule has 2 N–H and O–H groups in total. The average molecular weight is 292 g/mol. The Balaban J connectivity index is 2.23. The number of hydrogen-bond donors (Lipinski definition) is 2. The molecule has 21 heavy (non-hydrogen) atoms. The lowest BCUT2D eigenvalue weighted by atomic mass is 9.96. The number of aromatic nitrogens is 2. The molecule has 1 aliphatic rings. The number of hydrogen-bond acceptors (Lipinski definition) is 5. The monoisotopic (exact) mass is 292 g/mol. The van der Waals surface area contributed by atoms with Crippen molar-refractivity contribution in [3.8, 4) is 0 Å². The van der Waals surface area contributed by atoms with Gasteiger partial charge in [0, 0.05) is 25.1 Å². The van der Waals surface area contributed by atoms with Gasteiger partial charge in [0.05, 0.1) is 12.1 Å². The van der Waals surface area contributed by atoms with E-state index in [1.54, 1.807) is 7.11 Å². The van der Waals surface area contributed by atoms with Crippen LogP contribution in [0.1, 0.15) is 52.8 Å². The van der Waals surface area contributed by atoms with Gasteiger partial charge in [-0.15, -0.1) is 0 Å². The van der Waals surface area contributed by atoms with Gasteiger partial charge in [0.1, 0.15) is 17.5 Å². The fourth-order valence-corrected chi connectivity index (χ4v) is 2.69. The minimum atomic E-state index is -0.0712. The molecule has 1 heterocycles. The molecule has 1 aliphatic carbocycles. The number of nitrogens with zero attached hydrogens (tertiary/aromatic N) is 2. The standard InChI is InChI=1S/C16H28N4O/c1-6-17-13-10-14(20-15(19-13)16(2,3)4)18-11-8-7-9-12(11)21-5/h10-12H,6-9H2,1-5H3,(H2,17,18,19,20). The minimum absolute atomic E-state index is 0.0712. The van der Waals surface area contributed by atoms with E-state index >= 15 is 0 Å². The van der Waals surface area contributed by atoms with Crippen molar-refractivity contribution in [2.24, 2.45) is 0 Å². The van der Waals surface area contributed by atoms with Crippen LogP contribution >= 0.6 is 0 Å². The highest BCUT2D eigenvalue weighted by Gasteiger charge is 2.28. The largest absolute Gasteiger partial charge is 0.379 e. The molecule has 118 valence electrons. The van der Waals surface area contributed by atoms with Crippen LogP contribution in [0.2, 0.25) is 0 Å². The van der Waals surface area contributed by atoms with E-state index in [4.69, 9.17) is 9.72 Å². The van der Waals surface area contributed by atoms with Crippen molar-refractivity contribution in [1.29, 1.82) is 0 Å². The molecule has 0 aliphatic heterocycles. The van der Waals surface area contributed by atoms with E-state index in [0.717, 1.165) is 36.8 Å². The lowest BCUT2D eigenvalue weighted by Crippen LogP contribution is -2.30. The molecule has 0 saturated heterocycles. The van der Waals surface area contributed by atoms with Gasteiger partial charge in [-0.3, -0.25) is 0 Å². The van der Waals surface area contributed by atoms with Crippen molar-refractivity contribution in [2.45, 2.75) is 64.5 Å². The average Bonchev–Trinajstić information content (AvgIpc) is 2.85. The highest BCUT2D eigenvalue weighted by molar-refractivity contribution is 5.49. The van der Waals surface area contributed by atoms with Crippen LogP contribution in [0.15, 0.2) is 6.07 Å². The van der Waals surface area contributed by atoms with Gasteiger partial charge in [0.25, 0.3) is 0 Å². The predicted octanol–water partition coefficient (Wildman–Crippen LogP) is 3.19. The number of anilines is 2. The molecule has 1 aromatic rings. The predicted molar refractivity (Wildman–Crippen MR) is 87.0 cm³/mol. The Labute approximate surface area is 127 Å².